The van der Waals surface area contributed by atoms with Crippen molar-refractivity contribution in [1.82, 2.24) is 5.32 Å². The fourth-order valence-corrected chi connectivity index (χ4v) is 3.76. The summed E-state index contributed by atoms with van der Waals surface area (Å²) in [5.41, 5.74) is 2.18. The zero-order valence-electron chi connectivity index (χ0n) is 15.5. The van der Waals surface area contributed by atoms with Crippen LogP contribution in [0.3, 0.4) is 0 Å². The number of ether oxygens (including phenoxy) is 2. The van der Waals surface area contributed by atoms with E-state index in [1.54, 1.807) is 7.11 Å². The summed E-state index contributed by atoms with van der Waals surface area (Å²) in [4.78, 5) is 0. The van der Waals surface area contributed by atoms with Crippen molar-refractivity contribution >= 4 is 11.6 Å². The van der Waals surface area contributed by atoms with E-state index in [-0.39, 0.29) is 0 Å². The van der Waals surface area contributed by atoms with Crippen LogP contribution in [-0.4, -0.2) is 13.2 Å². The summed E-state index contributed by atoms with van der Waals surface area (Å²) in [6, 6.07) is 14.4. The fourth-order valence-electron chi connectivity index (χ4n) is 3.55. The molecule has 0 radical (unpaired) electrons. The lowest BCUT2D eigenvalue weighted by Gasteiger charge is -2.19. The van der Waals surface area contributed by atoms with Gasteiger partial charge in [-0.05, 0) is 36.6 Å². The average Bonchev–Trinajstić information content (AvgIpc) is 2.93. The van der Waals surface area contributed by atoms with E-state index in [1.165, 1.54) is 38.5 Å². The predicted octanol–water partition coefficient (Wildman–Crippen LogP) is 5.74. The number of benzene rings is 2. The van der Waals surface area contributed by atoms with Gasteiger partial charge in [-0.2, -0.15) is 0 Å². The molecule has 0 bridgehead atoms. The van der Waals surface area contributed by atoms with Crippen molar-refractivity contribution in [1.29, 1.82) is 0 Å². The van der Waals surface area contributed by atoms with E-state index < -0.39 is 0 Å². The van der Waals surface area contributed by atoms with Crippen LogP contribution in [0.15, 0.2) is 42.5 Å². The third-order valence-corrected chi connectivity index (χ3v) is 5.22. The molecule has 0 amide bonds. The van der Waals surface area contributed by atoms with Crippen molar-refractivity contribution in [3.8, 4) is 11.5 Å². The molecule has 4 heteroatoms. The van der Waals surface area contributed by atoms with Crippen molar-refractivity contribution < 1.29 is 9.47 Å². The van der Waals surface area contributed by atoms with Crippen molar-refractivity contribution in [3.63, 3.8) is 0 Å². The fraction of sp³-hybridized carbons (Fsp3) is 0.455. The number of halogens is 1. The van der Waals surface area contributed by atoms with Gasteiger partial charge >= 0.3 is 0 Å². The van der Waals surface area contributed by atoms with Crippen molar-refractivity contribution in [3.05, 3.63) is 58.6 Å². The van der Waals surface area contributed by atoms with Crippen LogP contribution >= 0.6 is 11.6 Å². The predicted molar refractivity (Wildman–Crippen MR) is 107 cm³/mol. The number of hydrogen-bond acceptors (Lipinski definition) is 3. The summed E-state index contributed by atoms with van der Waals surface area (Å²) >= 11 is 6.08. The van der Waals surface area contributed by atoms with Gasteiger partial charge in [0.2, 0.25) is 0 Å². The van der Waals surface area contributed by atoms with E-state index in [9.17, 15) is 0 Å². The minimum Gasteiger partial charge on any atom is -0.493 e. The van der Waals surface area contributed by atoms with Crippen LogP contribution in [0.2, 0.25) is 5.02 Å². The lowest BCUT2D eigenvalue weighted by molar-refractivity contribution is 0.280. The molecule has 1 N–H and O–H groups in total. The molecule has 1 fully saturated rings. The van der Waals surface area contributed by atoms with Crippen LogP contribution in [0.25, 0.3) is 0 Å². The third kappa shape index (κ3) is 5.39. The maximum absolute atomic E-state index is 6.14. The van der Waals surface area contributed by atoms with Crippen LogP contribution in [0.1, 0.15) is 49.7 Å². The zero-order chi connectivity index (χ0) is 18.2. The maximum atomic E-state index is 6.14. The van der Waals surface area contributed by atoms with E-state index in [0.29, 0.717) is 12.6 Å². The van der Waals surface area contributed by atoms with Gasteiger partial charge in [0, 0.05) is 23.2 Å². The molecule has 1 saturated carbocycles. The highest BCUT2D eigenvalue weighted by molar-refractivity contribution is 6.30. The molecule has 2 aromatic carbocycles. The largest absolute Gasteiger partial charge is 0.493 e. The summed E-state index contributed by atoms with van der Waals surface area (Å²) in [6.45, 7) is 1.27. The molecule has 0 aromatic heterocycles. The first kappa shape index (κ1) is 19.1. The third-order valence-electron chi connectivity index (χ3n) is 4.99. The highest BCUT2D eigenvalue weighted by Gasteiger charge is 2.15. The van der Waals surface area contributed by atoms with Gasteiger partial charge in [-0.15, -0.1) is 0 Å². The Morgan fingerprint density at radius 2 is 1.81 bits per heavy atom. The highest BCUT2D eigenvalue weighted by atomic mass is 35.5. The van der Waals surface area contributed by atoms with Gasteiger partial charge in [-0.25, -0.2) is 0 Å². The van der Waals surface area contributed by atoms with E-state index in [4.69, 9.17) is 21.1 Å². The molecule has 1 aliphatic rings. The first-order chi connectivity index (χ1) is 12.8. The molecule has 0 unspecified atom stereocenters. The van der Waals surface area contributed by atoms with E-state index >= 15 is 0 Å². The minimum atomic E-state index is 0.470. The second kappa shape index (κ2) is 9.84. The Morgan fingerprint density at radius 1 is 1.04 bits per heavy atom. The van der Waals surface area contributed by atoms with E-state index in [1.807, 2.05) is 36.4 Å². The molecular formula is C22H28ClNO2. The molecule has 26 heavy (non-hydrogen) atoms. The van der Waals surface area contributed by atoms with Gasteiger partial charge in [0.05, 0.1) is 7.11 Å². The second-order valence-electron chi connectivity index (χ2n) is 6.94. The summed E-state index contributed by atoms with van der Waals surface area (Å²) < 4.78 is 11.7. The van der Waals surface area contributed by atoms with Crippen LogP contribution in [0.5, 0.6) is 11.5 Å². The van der Waals surface area contributed by atoms with Gasteiger partial charge < -0.3 is 14.8 Å². The summed E-state index contributed by atoms with van der Waals surface area (Å²) in [5.74, 6) is 1.59. The molecule has 0 atom stereocenters. The SMILES string of the molecule is COc1cccc(CNC2CCCCCC2)c1OCc1cccc(Cl)c1. The summed E-state index contributed by atoms with van der Waals surface area (Å²) in [5, 5.41) is 4.44. The summed E-state index contributed by atoms with van der Waals surface area (Å²) in [7, 11) is 1.68. The van der Waals surface area contributed by atoms with Gasteiger partial charge in [-0.1, -0.05) is 61.5 Å². The molecule has 3 nitrogen and oxygen atoms in total. The van der Waals surface area contributed by atoms with Gasteiger partial charge in [-0.3, -0.25) is 0 Å². The maximum Gasteiger partial charge on any atom is 0.166 e. The number of hydrogen-bond donors (Lipinski definition) is 1. The number of methoxy groups -OCH3 is 1. The Morgan fingerprint density at radius 3 is 2.54 bits per heavy atom. The van der Waals surface area contributed by atoms with Crippen LogP contribution in [0, 0.1) is 0 Å². The Bertz CT molecular complexity index is 696. The highest BCUT2D eigenvalue weighted by Crippen LogP contribution is 2.32. The Labute approximate surface area is 161 Å². The molecule has 2 aromatic rings. The quantitative estimate of drug-likeness (QED) is 0.627. The number of nitrogens with one attached hydrogen (secondary N) is 1. The van der Waals surface area contributed by atoms with Crippen LogP contribution in [-0.2, 0) is 13.2 Å². The molecule has 3 rings (SSSR count). The Hall–Kier alpha value is -1.71. The number of para-hydroxylation sites is 1. The minimum absolute atomic E-state index is 0.470. The van der Waals surface area contributed by atoms with Gasteiger partial charge in [0.25, 0.3) is 0 Å². The molecule has 0 saturated heterocycles. The molecule has 0 aliphatic heterocycles. The Kier molecular flexibility index (Phi) is 7.22. The van der Waals surface area contributed by atoms with E-state index in [2.05, 4.69) is 11.4 Å². The van der Waals surface area contributed by atoms with Crippen LogP contribution < -0.4 is 14.8 Å². The standard InChI is InChI=1S/C22H28ClNO2/c1-25-21-13-7-9-18(15-24-20-11-4-2-3-5-12-20)22(21)26-16-17-8-6-10-19(23)14-17/h6-10,13-14,20,24H,2-5,11-12,15-16H2,1H3. The second-order valence-corrected chi connectivity index (χ2v) is 7.37. The lowest BCUT2D eigenvalue weighted by atomic mass is 10.1. The molecule has 0 spiro atoms. The van der Waals surface area contributed by atoms with Crippen LogP contribution in [0.4, 0.5) is 0 Å². The first-order valence-corrected chi connectivity index (χ1v) is 9.90. The molecule has 0 heterocycles. The van der Waals surface area contributed by atoms with Crippen molar-refractivity contribution in [2.75, 3.05) is 7.11 Å². The number of rotatable bonds is 7. The molecule has 140 valence electrons. The normalized spacial score (nSPS) is 15.5. The van der Waals surface area contributed by atoms with Gasteiger partial charge in [0.1, 0.15) is 6.61 Å². The average molecular weight is 374 g/mol. The molecule has 1 aliphatic carbocycles. The molecular weight excluding hydrogens is 346 g/mol. The summed E-state index contributed by atoms with van der Waals surface area (Å²) in [6.07, 6.45) is 7.92. The topological polar surface area (TPSA) is 30.5 Å². The monoisotopic (exact) mass is 373 g/mol. The van der Waals surface area contributed by atoms with E-state index in [0.717, 1.165) is 34.2 Å². The Balaban J connectivity index is 1.68. The van der Waals surface area contributed by atoms with Crippen molar-refractivity contribution in [2.24, 2.45) is 0 Å². The van der Waals surface area contributed by atoms with Gasteiger partial charge in [0.15, 0.2) is 11.5 Å². The lowest BCUT2D eigenvalue weighted by Crippen LogP contribution is -2.28. The first-order valence-electron chi connectivity index (χ1n) is 9.53. The van der Waals surface area contributed by atoms with Crippen molar-refractivity contribution in [2.45, 2.75) is 57.7 Å². The zero-order valence-corrected chi connectivity index (χ0v) is 16.2. The smallest absolute Gasteiger partial charge is 0.166 e.